The molecule has 1 heteroatoms. The Kier molecular flexibility index (Phi) is 4.28. The van der Waals surface area contributed by atoms with E-state index in [2.05, 4.69) is 56.9 Å². The maximum Gasteiger partial charge on any atom is 0.154 e. The molecule has 1 aliphatic rings. The van der Waals surface area contributed by atoms with E-state index in [0.717, 1.165) is 25.0 Å². The summed E-state index contributed by atoms with van der Waals surface area (Å²) in [5.74, 6) is 6.71. The molecule has 2 aromatic rings. The third-order valence-electron chi connectivity index (χ3n) is 4.42. The van der Waals surface area contributed by atoms with Gasteiger partial charge in [0.25, 0.3) is 0 Å². The minimum atomic E-state index is -0.452. The van der Waals surface area contributed by atoms with E-state index in [0.29, 0.717) is 0 Å². The van der Waals surface area contributed by atoms with Crippen LogP contribution in [0.2, 0.25) is 0 Å². The number of ether oxygens (including phenoxy) is 1. The van der Waals surface area contributed by atoms with Gasteiger partial charge in [0.2, 0.25) is 0 Å². The summed E-state index contributed by atoms with van der Waals surface area (Å²) in [6.07, 6.45) is 2.02. The van der Waals surface area contributed by atoms with Crippen molar-refractivity contribution in [2.45, 2.75) is 44.6 Å². The monoisotopic (exact) mass is 304 g/mol. The van der Waals surface area contributed by atoms with Gasteiger partial charge in [0.05, 0.1) is 0 Å². The molecule has 1 aliphatic heterocycles. The fourth-order valence-corrected chi connectivity index (χ4v) is 2.97. The second-order valence-electron chi connectivity index (χ2n) is 7.22. The average molecular weight is 304 g/mol. The van der Waals surface area contributed by atoms with Crippen molar-refractivity contribution >= 4 is 0 Å². The zero-order valence-electron chi connectivity index (χ0n) is 14.2. The minimum Gasteiger partial charge on any atom is -0.358 e. The van der Waals surface area contributed by atoms with Gasteiger partial charge in [0.1, 0.15) is 0 Å². The molecule has 0 N–H and O–H groups in total. The van der Waals surface area contributed by atoms with Crippen LogP contribution in [0, 0.1) is 11.8 Å². The van der Waals surface area contributed by atoms with Gasteiger partial charge in [0.15, 0.2) is 5.60 Å². The second kappa shape index (κ2) is 6.22. The molecule has 1 atom stereocenters. The minimum absolute atomic E-state index is 0.165. The molecule has 0 radical (unpaired) electrons. The molecular formula is C22H24O. The predicted octanol–water partition coefficient (Wildman–Crippen LogP) is 5.04. The quantitative estimate of drug-likeness (QED) is 0.671. The van der Waals surface area contributed by atoms with Gasteiger partial charge in [-0.15, -0.1) is 0 Å². The third kappa shape index (κ3) is 3.49. The van der Waals surface area contributed by atoms with E-state index in [9.17, 15) is 0 Å². The topological polar surface area (TPSA) is 9.23 Å². The van der Waals surface area contributed by atoms with Gasteiger partial charge < -0.3 is 4.74 Å². The van der Waals surface area contributed by atoms with E-state index in [1.807, 2.05) is 30.3 Å². The first-order chi connectivity index (χ1) is 11.0. The zero-order chi connectivity index (χ0) is 16.3. The Labute approximate surface area is 139 Å². The lowest BCUT2D eigenvalue weighted by Gasteiger charge is -2.25. The van der Waals surface area contributed by atoms with E-state index in [1.54, 1.807) is 0 Å². The van der Waals surface area contributed by atoms with Gasteiger partial charge >= 0.3 is 0 Å². The van der Waals surface area contributed by atoms with Crippen molar-refractivity contribution in [3.05, 3.63) is 71.3 Å². The number of rotatable bonds is 1. The van der Waals surface area contributed by atoms with Crippen LogP contribution in [0.1, 0.15) is 50.3 Å². The van der Waals surface area contributed by atoms with Gasteiger partial charge in [-0.25, -0.2) is 0 Å². The third-order valence-corrected chi connectivity index (χ3v) is 4.42. The van der Waals surface area contributed by atoms with Crippen LogP contribution in [0.5, 0.6) is 0 Å². The van der Waals surface area contributed by atoms with Crippen LogP contribution in [0.4, 0.5) is 0 Å². The molecule has 0 amide bonds. The number of benzene rings is 2. The van der Waals surface area contributed by atoms with Gasteiger partial charge in [-0.05, 0) is 41.5 Å². The summed E-state index contributed by atoms with van der Waals surface area (Å²) in [5, 5.41) is 0. The van der Waals surface area contributed by atoms with Gasteiger partial charge in [-0.1, -0.05) is 75.1 Å². The van der Waals surface area contributed by atoms with Crippen LogP contribution in [0.15, 0.2) is 54.6 Å². The maximum atomic E-state index is 6.10. The van der Waals surface area contributed by atoms with Crippen LogP contribution in [-0.4, -0.2) is 6.61 Å². The van der Waals surface area contributed by atoms with Gasteiger partial charge in [0, 0.05) is 12.2 Å². The fourth-order valence-electron chi connectivity index (χ4n) is 2.97. The van der Waals surface area contributed by atoms with Crippen LogP contribution in [0.3, 0.4) is 0 Å². The van der Waals surface area contributed by atoms with Crippen LogP contribution in [-0.2, 0) is 15.8 Å². The second-order valence-corrected chi connectivity index (χ2v) is 7.22. The van der Waals surface area contributed by atoms with E-state index in [4.69, 9.17) is 4.74 Å². The predicted molar refractivity (Wildman–Crippen MR) is 95.3 cm³/mol. The summed E-state index contributed by atoms with van der Waals surface area (Å²) in [6.45, 7) is 7.49. The highest BCUT2D eigenvalue weighted by atomic mass is 16.5. The molecule has 0 saturated carbocycles. The lowest BCUT2D eigenvalue weighted by Crippen LogP contribution is -2.23. The maximum absolute atomic E-state index is 6.10. The largest absolute Gasteiger partial charge is 0.358 e. The molecule has 23 heavy (non-hydrogen) atoms. The Balaban J connectivity index is 1.94. The summed E-state index contributed by atoms with van der Waals surface area (Å²) in [4.78, 5) is 0. The highest BCUT2D eigenvalue weighted by Crippen LogP contribution is 2.36. The zero-order valence-corrected chi connectivity index (χ0v) is 14.2. The van der Waals surface area contributed by atoms with Crippen molar-refractivity contribution in [1.29, 1.82) is 0 Å². The first-order valence-electron chi connectivity index (χ1n) is 8.33. The molecule has 0 bridgehead atoms. The van der Waals surface area contributed by atoms with Gasteiger partial charge in [-0.3, -0.25) is 0 Å². The number of hydrogen-bond donors (Lipinski definition) is 0. The van der Waals surface area contributed by atoms with Crippen LogP contribution in [0.25, 0.3) is 0 Å². The summed E-state index contributed by atoms with van der Waals surface area (Å²) < 4.78 is 6.10. The first kappa shape index (κ1) is 15.8. The smallest absolute Gasteiger partial charge is 0.154 e. The first-order valence-corrected chi connectivity index (χ1v) is 8.33. The summed E-state index contributed by atoms with van der Waals surface area (Å²) in [5.41, 5.74) is 3.26. The Morgan fingerprint density at radius 2 is 1.65 bits per heavy atom. The molecule has 1 unspecified atom stereocenters. The molecule has 1 heterocycles. The van der Waals surface area contributed by atoms with Crippen molar-refractivity contribution in [1.82, 2.24) is 0 Å². The molecule has 3 rings (SSSR count). The van der Waals surface area contributed by atoms with E-state index >= 15 is 0 Å². The van der Waals surface area contributed by atoms with E-state index < -0.39 is 5.60 Å². The summed E-state index contributed by atoms with van der Waals surface area (Å²) in [6, 6.07) is 18.9. The Morgan fingerprint density at radius 1 is 0.957 bits per heavy atom. The van der Waals surface area contributed by atoms with Gasteiger partial charge in [-0.2, -0.15) is 0 Å². The SMILES string of the molecule is CC(C)(C)c1ccc(C2(C#Cc3ccccc3)CCCO2)cc1. The standard InChI is InChI=1S/C22H24O/c1-21(2,3)19-10-12-20(13-11-19)22(15-7-17-23-22)16-14-18-8-5-4-6-9-18/h4-6,8-13H,7,15,17H2,1-3H3. The molecule has 118 valence electrons. The lowest BCUT2D eigenvalue weighted by atomic mass is 9.84. The normalized spacial score (nSPS) is 20.8. The number of hydrogen-bond acceptors (Lipinski definition) is 1. The molecule has 1 nitrogen and oxygen atoms in total. The molecule has 1 fully saturated rings. The van der Waals surface area contributed by atoms with E-state index in [-0.39, 0.29) is 5.41 Å². The molecule has 0 aromatic heterocycles. The lowest BCUT2D eigenvalue weighted by molar-refractivity contribution is 0.0513. The van der Waals surface area contributed by atoms with Crippen molar-refractivity contribution < 1.29 is 4.74 Å². The van der Waals surface area contributed by atoms with Crippen molar-refractivity contribution in [2.24, 2.45) is 0 Å². The Hall–Kier alpha value is -2.04. The average Bonchev–Trinajstić information content (AvgIpc) is 3.03. The van der Waals surface area contributed by atoms with Crippen LogP contribution < -0.4 is 0 Å². The van der Waals surface area contributed by atoms with Crippen molar-refractivity contribution in [3.8, 4) is 11.8 Å². The summed E-state index contributed by atoms with van der Waals surface area (Å²) >= 11 is 0. The molecule has 0 aliphatic carbocycles. The Bertz CT molecular complexity index is 703. The fraction of sp³-hybridized carbons (Fsp3) is 0.364. The molecule has 0 spiro atoms. The molecular weight excluding hydrogens is 280 g/mol. The van der Waals surface area contributed by atoms with E-state index in [1.165, 1.54) is 11.1 Å². The highest BCUT2D eigenvalue weighted by Gasteiger charge is 2.35. The highest BCUT2D eigenvalue weighted by molar-refractivity contribution is 5.42. The van der Waals surface area contributed by atoms with Crippen molar-refractivity contribution in [2.75, 3.05) is 6.61 Å². The molecule has 1 saturated heterocycles. The van der Waals surface area contributed by atoms with Crippen molar-refractivity contribution in [3.63, 3.8) is 0 Å². The van der Waals surface area contributed by atoms with Crippen LogP contribution >= 0.6 is 0 Å². The summed E-state index contributed by atoms with van der Waals surface area (Å²) in [7, 11) is 0. The molecule has 2 aromatic carbocycles. The Morgan fingerprint density at radius 3 is 2.22 bits per heavy atom.